The van der Waals surface area contributed by atoms with E-state index in [0.29, 0.717) is 5.82 Å². The van der Waals surface area contributed by atoms with Gasteiger partial charge in [0.2, 0.25) is 0 Å². The topological polar surface area (TPSA) is 25.8 Å². The molecule has 3 rings (SSSR count). The first-order valence-electron chi connectivity index (χ1n) is 11.8. The van der Waals surface area contributed by atoms with Crippen molar-refractivity contribution in [3.05, 3.63) is 47.5 Å². The van der Waals surface area contributed by atoms with E-state index in [1.165, 1.54) is 57.8 Å². The lowest BCUT2D eigenvalue weighted by molar-refractivity contribution is 0.252. The highest BCUT2D eigenvalue weighted by Gasteiger charge is 2.20. The Labute approximate surface area is 176 Å². The van der Waals surface area contributed by atoms with Crippen LogP contribution in [-0.4, -0.2) is 9.97 Å². The molecule has 1 aliphatic carbocycles. The van der Waals surface area contributed by atoms with Gasteiger partial charge >= 0.3 is 0 Å². The molecule has 2 aromatic rings. The molecule has 29 heavy (non-hydrogen) atoms. The number of hydrogen-bond acceptors (Lipinski definition) is 2. The number of nitrogens with zero attached hydrogens (tertiary/aromatic N) is 2. The molecule has 1 fully saturated rings. The molecule has 0 bridgehead atoms. The van der Waals surface area contributed by atoms with Gasteiger partial charge in [0, 0.05) is 18.0 Å². The van der Waals surface area contributed by atoms with Gasteiger partial charge in [0.25, 0.3) is 0 Å². The maximum absolute atomic E-state index is 14.7. The second-order valence-corrected chi connectivity index (χ2v) is 8.89. The minimum absolute atomic E-state index is 0.113. The van der Waals surface area contributed by atoms with Gasteiger partial charge in [-0.05, 0) is 54.7 Å². The van der Waals surface area contributed by atoms with Gasteiger partial charge in [-0.1, -0.05) is 77.3 Å². The number of benzene rings is 1. The van der Waals surface area contributed by atoms with Crippen molar-refractivity contribution in [3.63, 3.8) is 0 Å². The number of rotatable bonds is 10. The predicted molar refractivity (Wildman–Crippen MR) is 119 cm³/mol. The maximum atomic E-state index is 14.7. The molecule has 1 saturated carbocycles. The molecule has 0 radical (unpaired) electrons. The van der Waals surface area contributed by atoms with Gasteiger partial charge in [-0.25, -0.2) is 14.4 Å². The number of hydrogen-bond donors (Lipinski definition) is 0. The van der Waals surface area contributed by atoms with Crippen molar-refractivity contribution in [2.45, 2.75) is 90.9 Å². The van der Waals surface area contributed by atoms with Crippen molar-refractivity contribution in [2.24, 2.45) is 11.8 Å². The van der Waals surface area contributed by atoms with E-state index in [1.807, 2.05) is 24.5 Å². The summed E-state index contributed by atoms with van der Waals surface area (Å²) in [5, 5.41) is 0. The normalized spacial score (nSPS) is 19.4. The fourth-order valence-corrected chi connectivity index (χ4v) is 4.68. The number of unbranched alkanes of at least 4 members (excludes halogenated alkanes) is 2. The van der Waals surface area contributed by atoms with Crippen LogP contribution in [0.1, 0.15) is 89.2 Å². The Hall–Kier alpha value is -1.77. The molecular weight excluding hydrogens is 359 g/mol. The van der Waals surface area contributed by atoms with Crippen LogP contribution >= 0.6 is 0 Å². The van der Waals surface area contributed by atoms with Crippen LogP contribution in [0.2, 0.25) is 0 Å². The minimum atomic E-state index is -0.113. The molecule has 1 aliphatic rings. The minimum Gasteiger partial charge on any atom is -0.236 e. The number of halogens is 1. The van der Waals surface area contributed by atoms with Gasteiger partial charge < -0.3 is 0 Å². The Morgan fingerprint density at radius 3 is 2.17 bits per heavy atom. The molecule has 0 amide bonds. The van der Waals surface area contributed by atoms with Crippen molar-refractivity contribution in [1.82, 2.24) is 9.97 Å². The summed E-state index contributed by atoms with van der Waals surface area (Å²) < 4.78 is 14.7. The molecule has 158 valence electrons. The molecule has 1 aromatic carbocycles. The third kappa shape index (κ3) is 6.62. The van der Waals surface area contributed by atoms with Crippen LogP contribution in [0.5, 0.6) is 0 Å². The van der Waals surface area contributed by atoms with Gasteiger partial charge in [0.05, 0.1) is 0 Å². The summed E-state index contributed by atoms with van der Waals surface area (Å²) >= 11 is 0. The zero-order valence-electron chi connectivity index (χ0n) is 18.3. The van der Waals surface area contributed by atoms with Crippen LogP contribution in [0.25, 0.3) is 11.4 Å². The van der Waals surface area contributed by atoms with E-state index in [0.717, 1.165) is 47.8 Å². The molecule has 0 N–H and O–H groups in total. The van der Waals surface area contributed by atoms with Crippen molar-refractivity contribution in [1.29, 1.82) is 0 Å². The lowest BCUT2D eigenvalue weighted by atomic mass is 9.78. The highest BCUT2D eigenvalue weighted by atomic mass is 19.1. The van der Waals surface area contributed by atoms with E-state index >= 15 is 0 Å². The zero-order chi connectivity index (χ0) is 20.5. The van der Waals surface area contributed by atoms with E-state index in [9.17, 15) is 4.39 Å². The quantitative estimate of drug-likeness (QED) is 0.387. The van der Waals surface area contributed by atoms with Gasteiger partial charge in [-0.3, -0.25) is 0 Å². The largest absolute Gasteiger partial charge is 0.236 e. The molecule has 0 unspecified atom stereocenters. The first-order valence-corrected chi connectivity index (χ1v) is 11.8. The molecule has 2 nitrogen and oxygen atoms in total. The fraction of sp³-hybridized carbons (Fsp3) is 0.615. The lowest BCUT2D eigenvalue weighted by Crippen LogP contribution is -2.15. The number of aromatic nitrogens is 2. The summed E-state index contributed by atoms with van der Waals surface area (Å²) in [5.74, 6) is 2.21. The Morgan fingerprint density at radius 1 is 0.862 bits per heavy atom. The third-order valence-electron chi connectivity index (χ3n) is 6.57. The first kappa shape index (κ1) is 21.9. The maximum Gasteiger partial charge on any atom is 0.159 e. The third-order valence-corrected chi connectivity index (χ3v) is 6.57. The van der Waals surface area contributed by atoms with Crippen LogP contribution in [0.3, 0.4) is 0 Å². The molecule has 0 spiro atoms. The fourth-order valence-electron chi connectivity index (χ4n) is 4.68. The van der Waals surface area contributed by atoms with Gasteiger partial charge in [-0.15, -0.1) is 0 Å². The van der Waals surface area contributed by atoms with Crippen molar-refractivity contribution >= 4 is 0 Å². The van der Waals surface area contributed by atoms with Crippen LogP contribution in [0, 0.1) is 17.7 Å². The smallest absolute Gasteiger partial charge is 0.159 e. The second kappa shape index (κ2) is 11.4. The van der Waals surface area contributed by atoms with Crippen molar-refractivity contribution in [2.75, 3.05) is 0 Å². The van der Waals surface area contributed by atoms with Crippen LogP contribution in [-0.2, 0) is 12.8 Å². The van der Waals surface area contributed by atoms with Crippen molar-refractivity contribution in [3.8, 4) is 11.4 Å². The summed E-state index contributed by atoms with van der Waals surface area (Å²) in [5.41, 5.74) is 2.76. The predicted octanol–water partition coefficient (Wildman–Crippen LogP) is 7.55. The van der Waals surface area contributed by atoms with E-state index < -0.39 is 0 Å². The molecule has 0 atom stereocenters. The average molecular weight is 397 g/mol. The Morgan fingerprint density at radius 2 is 1.55 bits per heavy atom. The molecule has 1 aromatic heterocycles. The molecule has 1 heterocycles. The highest BCUT2D eigenvalue weighted by Crippen LogP contribution is 2.34. The van der Waals surface area contributed by atoms with Gasteiger partial charge in [0.1, 0.15) is 5.82 Å². The summed E-state index contributed by atoms with van der Waals surface area (Å²) in [6.45, 7) is 4.49. The van der Waals surface area contributed by atoms with E-state index in [2.05, 4.69) is 23.8 Å². The van der Waals surface area contributed by atoms with Gasteiger partial charge in [0.15, 0.2) is 5.82 Å². The Kier molecular flexibility index (Phi) is 8.64. The van der Waals surface area contributed by atoms with Crippen LogP contribution in [0.15, 0.2) is 30.6 Å². The summed E-state index contributed by atoms with van der Waals surface area (Å²) in [6, 6.07) is 5.52. The van der Waals surface area contributed by atoms with E-state index in [-0.39, 0.29) is 5.82 Å². The summed E-state index contributed by atoms with van der Waals surface area (Å²) in [4.78, 5) is 8.92. The average Bonchev–Trinajstić information content (AvgIpc) is 2.75. The second-order valence-electron chi connectivity index (χ2n) is 8.89. The van der Waals surface area contributed by atoms with E-state index in [1.54, 1.807) is 6.07 Å². The summed E-state index contributed by atoms with van der Waals surface area (Å²) in [7, 11) is 0. The molecule has 3 heteroatoms. The number of aryl methyl sites for hydroxylation is 2. The molecule has 0 saturated heterocycles. The molecular formula is C26H37FN2. The monoisotopic (exact) mass is 396 g/mol. The molecule has 0 aliphatic heterocycles. The van der Waals surface area contributed by atoms with Crippen molar-refractivity contribution < 1.29 is 4.39 Å². The van der Waals surface area contributed by atoms with Crippen LogP contribution in [0.4, 0.5) is 4.39 Å². The lowest BCUT2D eigenvalue weighted by Gasteiger charge is -2.28. The zero-order valence-corrected chi connectivity index (χ0v) is 18.3. The van der Waals surface area contributed by atoms with E-state index in [4.69, 9.17) is 0 Å². The standard InChI is InChI=1S/C26H37FN2/c1-3-5-6-8-22-18-28-26(29-19-22)24-16-15-23(25(27)17-24)14-13-21-11-9-20(7-4-2)10-12-21/h15-21H,3-14H2,1-2H3. The highest BCUT2D eigenvalue weighted by molar-refractivity contribution is 5.55. The Bertz CT molecular complexity index is 733. The SMILES string of the molecule is CCCCCc1cnc(-c2ccc(CCC3CCC(CCC)CC3)c(F)c2)nc1. The van der Waals surface area contributed by atoms with Gasteiger partial charge in [-0.2, -0.15) is 0 Å². The first-order chi connectivity index (χ1) is 14.2. The van der Waals surface area contributed by atoms with Crippen LogP contribution < -0.4 is 0 Å². The Balaban J connectivity index is 1.52. The summed E-state index contributed by atoms with van der Waals surface area (Å²) in [6.07, 6.45) is 18.4.